The molecule has 1 heterocycles. The molecule has 23 heavy (non-hydrogen) atoms. The monoisotopic (exact) mass is 317 g/mol. The highest BCUT2D eigenvalue weighted by Crippen LogP contribution is 2.33. The molecule has 0 saturated heterocycles. The third-order valence-electron chi connectivity index (χ3n) is 3.69. The first-order valence-electron chi connectivity index (χ1n) is 7.58. The molecule has 0 radical (unpaired) electrons. The van der Waals surface area contributed by atoms with Gasteiger partial charge in [-0.25, -0.2) is 0 Å². The number of rotatable bonds is 7. The highest BCUT2D eigenvalue weighted by atomic mass is 16.5. The van der Waals surface area contributed by atoms with Gasteiger partial charge in [0.25, 0.3) is 0 Å². The SMILES string of the molecule is COCCCNC(=O)/C=C(\C)c1cc2c(C)coc2cc1OC. The predicted molar refractivity (Wildman–Crippen MR) is 90.7 cm³/mol. The standard InChI is InChI=1S/C18H23NO4/c1-12(8-18(20)19-6-5-7-21-3)14-9-15-13(2)11-23-17(15)10-16(14)22-4/h8-11H,5-7H2,1-4H3,(H,19,20)/b12-8+. The fourth-order valence-corrected chi connectivity index (χ4v) is 2.41. The van der Waals surface area contributed by atoms with Crippen molar-refractivity contribution in [3.63, 3.8) is 0 Å². The molecule has 2 aromatic rings. The minimum absolute atomic E-state index is 0.121. The zero-order valence-electron chi connectivity index (χ0n) is 14.1. The average Bonchev–Trinajstić information content (AvgIpc) is 2.90. The third kappa shape index (κ3) is 4.13. The van der Waals surface area contributed by atoms with Gasteiger partial charge >= 0.3 is 0 Å². The van der Waals surface area contributed by atoms with Crippen LogP contribution in [0.5, 0.6) is 5.75 Å². The molecule has 124 valence electrons. The summed E-state index contributed by atoms with van der Waals surface area (Å²) < 4.78 is 15.9. The topological polar surface area (TPSA) is 60.7 Å². The molecule has 0 fully saturated rings. The van der Waals surface area contributed by atoms with E-state index in [4.69, 9.17) is 13.9 Å². The highest BCUT2D eigenvalue weighted by Gasteiger charge is 2.12. The van der Waals surface area contributed by atoms with Gasteiger partial charge < -0.3 is 19.2 Å². The lowest BCUT2D eigenvalue weighted by atomic mass is 10.0. The molecular weight excluding hydrogens is 294 g/mol. The number of hydrogen-bond acceptors (Lipinski definition) is 4. The van der Waals surface area contributed by atoms with Crippen molar-refractivity contribution in [2.75, 3.05) is 27.4 Å². The van der Waals surface area contributed by atoms with E-state index >= 15 is 0 Å². The van der Waals surface area contributed by atoms with Gasteiger partial charge in [0.05, 0.1) is 13.4 Å². The number of methoxy groups -OCH3 is 2. The van der Waals surface area contributed by atoms with Crippen LogP contribution in [-0.2, 0) is 9.53 Å². The van der Waals surface area contributed by atoms with Crippen molar-refractivity contribution in [1.29, 1.82) is 0 Å². The van der Waals surface area contributed by atoms with E-state index in [1.165, 1.54) is 0 Å². The third-order valence-corrected chi connectivity index (χ3v) is 3.69. The molecule has 5 nitrogen and oxygen atoms in total. The van der Waals surface area contributed by atoms with Gasteiger partial charge in [0.15, 0.2) is 0 Å². The van der Waals surface area contributed by atoms with E-state index < -0.39 is 0 Å². The maximum Gasteiger partial charge on any atom is 0.244 e. The number of benzene rings is 1. The first kappa shape index (κ1) is 17.1. The molecule has 0 aliphatic rings. The van der Waals surface area contributed by atoms with E-state index in [2.05, 4.69) is 5.32 Å². The van der Waals surface area contributed by atoms with Crippen molar-refractivity contribution in [3.8, 4) is 5.75 Å². The highest BCUT2D eigenvalue weighted by molar-refractivity contribution is 5.97. The van der Waals surface area contributed by atoms with Gasteiger partial charge in [0.1, 0.15) is 11.3 Å². The average molecular weight is 317 g/mol. The number of nitrogens with one attached hydrogen (secondary N) is 1. The summed E-state index contributed by atoms with van der Waals surface area (Å²) in [5.74, 6) is 0.567. The molecule has 1 aromatic carbocycles. The van der Waals surface area contributed by atoms with Crippen molar-refractivity contribution in [2.24, 2.45) is 0 Å². The Morgan fingerprint density at radius 2 is 2.13 bits per heavy atom. The van der Waals surface area contributed by atoms with E-state index in [0.717, 1.165) is 34.1 Å². The fourth-order valence-electron chi connectivity index (χ4n) is 2.41. The molecule has 0 atom stereocenters. The quantitative estimate of drug-likeness (QED) is 0.629. The van der Waals surface area contributed by atoms with Gasteiger partial charge in [0, 0.05) is 43.4 Å². The largest absolute Gasteiger partial charge is 0.496 e. The summed E-state index contributed by atoms with van der Waals surface area (Å²) in [5, 5.41) is 3.87. The van der Waals surface area contributed by atoms with Crippen LogP contribution in [0.3, 0.4) is 0 Å². The van der Waals surface area contributed by atoms with Crippen LogP contribution >= 0.6 is 0 Å². The lowest BCUT2D eigenvalue weighted by Gasteiger charge is -2.10. The fraction of sp³-hybridized carbons (Fsp3) is 0.389. The van der Waals surface area contributed by atoms with Crippen molar-refractivity contribution in [1.82, 2.24) is 5.32 Å². The van der Waals surface area contributed by atoms with Crippen molar-refractivity contribution < 1.29 is 18.7 Å². The first-order chi connectivity index (χ1) is 11.1. The van der Waals surface area contributed by atoms with E-state index in [9.17, 15) is 4.79 Å². The summed E-state index contributed by atoms with van der Waals surface area (Å²) in [7, 11) is 3.25. The summed E-state index contributed by atoms with van der Waals surface area (Å²) in [6, 6.07) is 3.85. The van der Waals surface area contributed by atoms with Crippen LogP contribution in [0.15, 0.2) is 28.9 Å². The smallest absolute Gasteiger partial charge is 0.244 e. The Balaban J connectivity index is 2.21. The molecule has 1 aromatic heterocycles. The number of carbonyl (C=O) groups is 1. The van der Waals surface area contributed by atoms with Gasteiger partial charge in [0.2, 0.25) is 5.91 Å². The van der Waals surface area contributed by atoms with Crippen LogP contribution in [0.2, 0.25) is 0 Å². The van der Waals surface area contributed by atoms with Crippen LogP contribution < -0.4 is 10.1 Å². The molecule has 0 unspecified atom stereocenters. The summed E-state index contributed by atoms with van der Waals surface area (Å²) in [5.41, 5.74) is 3.56. The van der Waals surface area contributed by atoms with Crippen molar-refractivity contribution >= 4 is 22.4 Å². The molecule has 2 rings (SSSR count). The lowest BCUT2D eigenvalue weighted by molar-refractivity contribution is -0.116. The van der Waals surface area contributed by atoms with Crippen LogP contribution in [0.25, 0.3) is 16.5 Å². The minimum atomic E-state index is -0.121. The Hall–Kier alpha value is -2.27. The Kier molecular flexibility index (Phi) is 5.82. The number of ether oxygens (including phenoxy) is 2. The summed E-state index contributed by atoms with van der Waals surface area (Å²) >= 11 is 0. The van der Waals surface area contributed by atoms with E-state index in [-0.39, 0.29) is 5.91 Å². The van der Waals surface area contributed by atoms with Crippen LogP contribution in [0.4, 0.5) is 0 Å². The molecule has 0 aliphatic heterocycles. The van der Waals surface area contributed by atoms with Gasteiger partial charge in [-0.15, -0.1) is 0 Å². The second-order valence-electron chi connectivity index (χ2n) is 5.43. The van der Waals surface area contributed by atoms with Gasteiger partial charge in [-0.1, -0.05) is 0 Å². The molecule has 0 saturated carbocycles. The number of carbonyl (C=O) groups excluding carboxylic acids is 1. The Bertz CT molecular complexity index is 715. The number of hydrogen-bond donors (Lipinski definition) is 1. The van der Waals surface area contributed by atoms with Crippen LogP contribution in [-0.4, -0.2) is 33.3 Å². The molecular formula is C18H23NO4. The Morgan fingerprint density at radius 3 is 2.83 bits per heavy atom. The second kappa shape index (κ2) is 7.83. The lowest BCUT2D eigenvalue weighted by Crippen LogP contribution is -2.23. The number of allylic oxidation sites excluding steroid dienone is 1. The van der Waals surface area contributed by atoms with Gasteiger partial charge in [-0.05, 0) is 37.5 Å². The number of amides is 1. The molecule has 0 spiro atoms. The second-order valence-corrected chi connectivity index (χ2v) is 5.43. The minimum Gasteiger partial charge on any atom is -0.496 e. The normalized spacial score (nSPS) is 11.7. The number of furan rings is 1. The molecule has 0 bridgehead atoms. The zero-order valence-corrected chi connectivity index (χ0v) is 14.1. The maximum atomic E-state index is 12.0. The van der Waals surface area contributed by atoms with Crippen LogP contribution in [0.1, 0.15) is 24.5 Å². The number of fused-ring (bicyclic) bond motifs is 1. The Morgan fingerprint density at radius 1 is 1.35 bits per heavy atom. The predicted octanol–water partition coefficient (Wildman–Crippen LogP) is 3.31. The molecule has 5 heteroatoms. The summed E-state index contributed by atoms with van der Waals surface area (Å²) in [4.78, 5) is 12.0. The van der Waals surface area contributed by atoms with Gasteiger partial charge in [-0.3, -0.25) is 4.79 Å². The van der Waals surface area contributed by atoms with E-state index in [0.29, 0.717) is 18.9 Å². The maximum absolute atomic E-state index is 12.0. The molecule has 1 amide bonds. The van der Waals surface area contributed by atoms with Crippen LogP contribution in [0, 0.1) is 6.92 Å². The summed E-state index contributed by atoms with van der Waals surface area (Å²) in [6.07, 6.45) is 4.10. The first-order valence-corrected chi connectivity index (χ1v) is 7.58. The summed E-state index contributed by atoms with van der Waals surface area (Å²) in [6.45, 7) is 5.11. The zero-order chi connectivity index (χ0) is 16.8. The van der Waals surface area contributed by atoms with Gasteiger partial charge in [-0.2, -0.15) is 0 Å². The van der Waals surface area contributed by atoms with E-state index in [1.54, 1.807) is 26.6 Å². The molecule has 1 N–H and O–H groups in total. The molecule has 0 aliphatic carbocycles. The van der Waals surface area contributed by atoms with Crippen molar-refractivity contribution in [2.45, 2.75) is 20.3 Å². The van der Waals surface area contributed by atoms with E-state index in [1.807, 2.05) is 26.0 Å². The number of aryl methyl sites for hydroxylation is 1. The Labute approximate surface area is 136 Å². The van der Waals surface area contributed by atoms with Crippen molar-refractivity contribution in [3.05, 3.63) is 35.6 Å².